The molecule has 2 aromatic heterocycles. The van der Waals surface area contributed by atoms with Crippen LogP contribution in [0.4, 0.5) is 24.9 Å². The Balaban J connectivity index is 1.21. The fourth-order valence-electron chi connectivity index (χ4n) is 3.91. The molecule has 1 aromatic carbocycles. The molecule has 186 valence electrons. The molecule has 1 aliphatic rings. The normalized spacial score (nSPS) is 14.5. The van der Waals surface area contributed by atoms with Gasteiger partial charge in [-0.25, -0.2) is 10.1 Å². The highest BCUT2D eigenvalue weighted by Gasteiger charge is 2.35. The number of aromatic amines is 1. The maximum Gasteiger partial charge on any atom is 0.421 e. The summed E-state index contributed by atoms with van der Waals surface area (Å²) in [6.45, 7) is 2.18. The first kappa shape index (κ1) is 24.4. The SMILES string of the molecule is Nc1nc(N2CCN(C(=O)CCOCCc3cccc4c(=O)[nH]ncc34)CC2)ncc1C(F)(F)F. The molecule has 0 bridgehead atoms. The minimum Gasteiger partial charge on any atom is -0.383 e. The second-order valence-corrected chi connectivity index (χ2v) is 8.02. The van der Waals surface area contributed by atoms with E-state index in [1.807, 2.05) is 6.07 Å². The van der Waals surface area contributed by atoms with Gasteiger partial charge >= 0.3 is 6.18 Å². The number of fused-ring (bicyclic) bond motifs is 1. The monoisotopic (exact) mass is 491 g/mol. The summed E-state index contributed by atoms with van der Waals surface area (Å²) in [5.41, 5.74) is 5.07. The Kier molecular flexibility index (Phi) is 7.15. The van der Waals surface area contributed by atoms with Gasteiger partial charge in [-0.05, 0) is 18.1 Å². The third-order valence-corrected chi connectivity index (χ3v) is 5.80. The molecule has 0 radical (unpaired) electrons. The number of amides is 1. The number of rotatable bonds is 7. The number of benzene rings is 1. The molecule has 0 atom stereocenters. The van der Waals surface area contributed by atoms with Crippen LogP contribution in [0, 0.1) is 0 Å². The van der Waals surface area contributed by atoms with Gasteiger partial charge in [-0.3, -0.25) is 9.59 Å². The minimum absolute atomic E-state index is 0.0709. The van der Waals surface area contributed by atoms with E-state index in [4.69, 9.17) is 10.5 Å². The van der Waals surface area contributed by atoms with Gasteiger partial charge in [-0.1, -0.05) is 12.1 Å². The quantitative estimate of drug-likeness (QED) is 0.477. The Hall–Kier alpha value is -3.74. The second kappa shape index (κ2) is 10.3. The molecule has 4 rings (SSSR count). The average molecular weight is 491 g/mol. The van der Waals surface area contributed by atoms with E-state index in [1.165, 1.54) is 0 Å². The lowest BCUT2D eigenvalue weighted by molar-refractivity contribution is -0.137. The topological polar surface area (TPSA) is 130 Å². The number of H-pyrrole nitrogens is 1. The second-order valence-electron chi connectivity index (χ2n) is 8.02. The number of hydrogen-bond acceptors (Lipinski definition) is 8. The van der Waals surface area contributed by atoms with Crippen molar-refractivity contribution in [1.29, 1.82) is 0 Å². The van der Waals surface area contributed by atoms with Crippen molar-refractivity contribution < 1.29 is 22.7 Å². The molecule has 1 fully saturated rings. The smallest absolute Gasteiger partial charge is 0.383 e. The summed E-state index contributed by atoms with van der Waals surface area (Å²) in [6, 6.07) is 5.45. The highest BCUT2D eigenvalue weighted by atomic mass is 19.4. The highest BCUT2D eigenvalue weighted by Crippen LogP contribution is 2.32. The Morgan fingerprint density at radius 2 is 1.89 bits per heavy atom. The van der Waals surface area contributed by atoms with Crippen molar-refractivity contribution in [3.8, 4) is 0 Å². The molecule has 13 heteroatoms. The summed E-state index contributed by atoms with van der Waals surface area (Å²) < 4.78 is 44.1. The van der Waals surface area contributed by atoms with Crippen molar-refractivity contribution in [2.24, 2.45) is 0 Å². The lowest BCUT2D eigenvalue weighted by Gasteiger charge is -2.35. The van der Waals surface area contributed by atoms with Gasteiger partial charge in [0.15, 0.2) is 0 Å². The first-order valence-corrected chi connectivity index (χ1v) is 11.0. The lowest BCUT2D eigenvalue weighted by Crippen LogP contribution is -2.49. The number of alkyl halides is 3. The van der Waals surface area contributed by atoms with Crippen LogP contribution in [0.5, 0.6) is 0 Å². The van der Waals surface area contributed by atoms with Gasteiger partial charge < -0.3 is 20.3 Å². The van der Waals surface area contributed by atoms with Crippen LogP contribution in [0.15, 0.2) is 35.4 Å². The lowest BCUT2D eigenvalue weighted by atomic mass is 10.1. The molecule has 3 N–H and O–H groups in total. The summed E-state index contributed by atoms with van der Waals surface area (Å²) in [7, 11) is 0. The van der Waals surface area contributed by atoms with Crippen molar-refractivity contribution in [3.05, 3.63) is 52.1 Å². The largest absolute Gasteiger partial charge is 0.421 e. The number of nitrogen functional groups attached to an aromatic ring is 1. The van der Waals surface area contributed by atoms with Gasteiger partial charge in [0.1, 0.15) is 11.4 Å². The van der Waals surface area contributed by atoms with Crippen molar-refractivity contribution >= 4 is 28.4 Å². The molecule has 1 saturated heterocycles. The maximum atomic E-state index is 12.8. The number of nitrogens with one attached hydrogen (secondary N) is 1. The van der Waals surface area contributed by atoms with E-state index in [2.05, 4.69) is 20.2 Å². The molecule has 0 aliphatic carbocycles. The zero-order valence-electron chi connectivity index (χ0n) is 18.7. The molecular formula is C22H24F3N7O3. The molecule has 0 saturated carbocycles. The van der Waals surface area contributed by atoms with Crippen LogP contribution < -0.4 is 16.2 Å². The first-order chi connectivity index (χ1) is 16.7. The minimum atomic E-state index is -4.61. The molecule has 35 heavy (non-hydrogen) atoms. The number of carbonyl (C=O) groups is 1. The van der Waals surface area contributed by atoms with Crippen molar-refractivity contribution in [2.75, 3.05) is 50.0 Å². The molecule has 3 aromatic rings. The van der Waals surface area contributed by atoms with E-state index in [0.717, 1.165) is 10.9 Å². The summed E-state index contributed by atoms with van der Waals surface area (Å²) in [6.07, 6.45) is -1.54. The number of nitrogens with two attached hydrogens (primary N) is 1. The maximum absolute atomic E-state index is 12.8. The van der Waals surface area contributed by atoms with Crippen LogP contribution in [0.3, 0.4) is 0 Å². The Labute approximate surface area is 197 Å². The molecular weight excluding hydrogens is 467 g/mol. The van der Waals surface area contributed by atoms with Crippen LogP contribution in [0.25, 0.3) is 10.8 Å². The molecule has 1 amide bonds. The highest BCUT2D eigenvalue weighted by molar-refractivity contribution is 5.83. The predicted molar refractivity (Wildman–Crippen MR) is 122 cm³/mol. The molecule has 0 unspecified atom stereocenters. The summed E-state index contributed by atoms with van der Waals surface area (Å²) >= 11 is 0. The van der Waals surface area contributed by atoms with Crippen molar-refractivity contribution in [1.82, 2.24) is 25.1 Å². The van der Waals surface area contributed by atoms with Crippen LogP contribution in [-0.4, -0.2) is 70.4 Å². The number of anilines is 2. The fourth-order valence-corrected chi connectivity index (χ4v) is 3.91. The van der Waals surface area contributed by atoms with Crippen LogP contribution in [0.1, 0.15) is 17.5 Å². The van der Waals surface area contributed by atoms with E-state index in [-0.39, 0.29) is 30.4 Å². The van der Waals surface area contributed by atoms with Crippen LogP contribution >= 0.6 is 0 Å². The number of carbonyl (C=O) groups excluding carboxylic acids is 1. The van der Waals surface area contributed by atoms with E-state index >= 15 is 0 Å². The zero-order valence-corrected chi connectivity index (χ0v) is 18.7. The van der Waals surface area contributed by atoms with Crippen LogP contribution in [-0.2, 0) is 22.1 Å². The van der Waals surface area contributed by atoms with E-state index in [0.29, 0.717) is 50.8 Å². The van der Waals surface area contributed by atoms with E-state index in [1.54, 1.807) is 28.1 Å². The van der Waals surface area contributed by atoms with Gasteiger partial charge in [0, 0.05) is 37.8 Å². The van der Waals surface area contributed by atoms with Crippen LogP contribution in [0.2, 0.25) is 0 Å². The first-order valence-electron chi connectivity index (χ1n) is 11.0. The van der Waals surface area contributed by atoms with Gasteiger partial charge in [-0.2, -0.15) is 23.3 Å². The third kappa shape index (κ3) is 5.67. The summed E-state index contributed by atoms with van der Waals surface area (Å²) in [4.78, 5) is 35.3. The van der Waals surface area contributed by atoms with E-state index in [9.17, 15) is 22.8 Å². The number of hydrogen-bond donors (Lipinski definition) is 2. The number of aromatic nitrogens is 4. The molecule has 0 spiro atoms. The fraction of sp³-hybridized carbons (Fsp3) is 0.409. The third-order valence-electron chi connectivity index (χ3n) is 5.80. The number of nitrogens with zero attached hydrogens (tertiary/aromatic N) is 5. The summed E-state index contributed by atoms with van der Waals surface area (Å²) in [5.74, 6) is -0.584. The molecule has 3 heterocycles. The van der Waals surface area contributed by atoms with Gasteiger partial charge in [-0.15, -0.1) is 0 Å². The van der Waals surface area contributed by atoms with Gasteiger partial charge in [0.25, 0.3) is 5.56 Å². The predicted octanol–water partition coefficient (Wildman–Crippen LogP) is 1.61. The Bertz CT molecular complexity index is 1260. The number of ether oxygens (including phenoxy) is 1. The van der Waals surface area contributed by atoms with Crippen molar-refractivity contribution in [2.45, 2.75) is 19.0 Å². The van der Waals surface area contributed by atoms with Crippen molar-refractivity contribution in [3.63, 3.8) is 0 Å². The molecule has 10 nitrogen and oxygen atoms in total. The number of piperazine rings is 1. The molecule has 1 aliphatic heterocycles. The van der Waals surface area contributed by atoms with Gasteiger partial charge in [0.05, 0.1) is 31.2 Å². The Morgan fingerprint density at radius 1 is 1.11 bits per heavy atom. The van der Waals surface area contributed by atoms with E-state index < -0.39 is 17.6 Å². The average Bonchev–Trinajstić information content (AvgIpc) is 2.83. The zero-order chi connectivity index (χ0) is 25.0. The number of halogens is 3. The Morgan fingerprint density at radius 3 is 2.60 bits per heavy atom. The van der Waals surface area contributed by atoms with Gasteiger partial charge in [0.2, 0.25) is 11.9 Å². The summed E-state index contributed by atoms with van der Waals surface area (Å²) in [5, 5.41) is 7.59. The standard InChI is InChI=1S/C22H24F3N7O3/c23-22(24,25)17-13-27-21(29-19(17)26)32-8-6-31(7-9-32)18(33)5-11-35-10-4-14-2-1-3-15-16(14)12-28-30-20(15)34/h1-3,12-13H,4-11H2,(H,30,34)(H2,26,27,29).